The third-order valence-electron chi connectivity index (χ3n) is 5.23. The molecule has 2 N–H and O–H groups in total. The predicted molar refractivity (Wildman–Crippen MR) is 106 cm³/mol. The Morgan fingerprint density at radius 2 is 2.22 bits per heavy atom. The quantitative estimate of drug-likeness (QED) is 0.698. The highest BCUT2D eigenvalue weighted by atomic mass is 16.3. The van der Waals surface area contributed by atoms with Crippen LogP contribution in [-0.2, 0) is 6.54 Å². The van der Waals surface area contributed by atoms with Crippen molar-refractivity contribution in [3.8, 4) is 0 Å². The van der Waals surface area contributed by atoms with E-state index in [4.69, 9.17) is 4.98 Å². The Balaban J connectivity index is 1.68. The van der Waals surface area contributed by atoms with Crippen LogP contribution in [-0.4, -0.2) is 43.7 Å². The average molecular weight is 366 g/mol. The molecule has 3 aromatic rings. The lowest BCUT2D eigenvalue weighted by molar-refractivity contribution is 0.262. The van der Waals surface area contributed by atoms with Gasteiger partial charge in [-0.3, -0.25) is 9.38 Å². The molecule has 7 nitrogen and oxygen atoms in total. The van der Waals surface area contributed by atoms with Gasteiger partial charge in [0.15, 0.2) is 11.5 Å². The average Bonchev–Trinajstić information content (AvgIpc) is 3.09. The number of aliphatic hydroxyl groups is 1. The maximum Gasteiger partial charge on any atom is 0.180 e. The number of nitrogens with zero attached hydrogens (tertiary/aromatic N) is 5. The van der Waals surface area contributed by atoms with E-state index in [0.29, 0.717) is 12.6 Å². The van der Waals surface area contributed by atoms with Crippen molar-refractivity contribution in [1.29, 1.82) is 0 Å². The Bertz CT molecular complexity index is 892. The number of aryl methyl sites for hydroxylation is 1. The molecule has 1 unspecified atom stereocenters. The summed E-state index contributed by atoms with van der Waals surface area (Å²) in [6.45, 7) is 3.88. The van der Waals surface area contributed by atoms with Gasteiger partial charge in [-0.2, -0.15) is 0 Å². The number of nitrogens with one attached hydrogen (secondary N) is 1. The second-order valence-electron chi connectivity index (χ2n) is 7.11. The van der Waals surface area contributed by atoms with E-state index >= 15 is 0 Å². The fraction of sp³-hybridized carbons (Fsp3) is 0.450. The van der Waals surface area contributed by atoms with Gasteiger partial charge < -0.3 is 15.3 Å². The highest BCUT2D eigenvalue weighted by Gasteiger charge is 2.24. The minimum absolute atomic E-state index is 0.208. The van der Waals surface area contributed by atoms with Gasteiger partial charge in [-0.05, 0) is 44.2 Å². The zero-order valence-corrected chi connectivity index (χ0v) is 15.7. The first-order valence-electron chi connectivity index (χ1n) is 9.61. The molecule has 4 heterocycles. The molecule has 3 aromatic heterocycles. The number of hydrogen-bond donors (Lipinski definition) is 2. The Hall–Kier alpha value is -2.67. The Morgan fingerprint density at radius 1 is 1.30 bits per heavy atom. The first-order chi connectivity index (χ1) is 13.3. The highest BCUT2D eigenvalue weighted by molar-refractivity contribution is 5.66. The second-order valence-corrected chi connectivity index (χ2v) is 7.11. The van der Waals surface area contributed by atoms with Crippen LogP contribution in [0, 0.1) is 6.92 Å². The van der Waals surface area contributed by atoms with Gasteiger partial charge in [0.25, 0.3) is 0 Å². The van der Waals surface area contributed by atoms with Crippen LogP contribution in [0.1, 0.15) is 36.9 Å². The number of pyridine rings is 1. The Kier molecular flexibility index (Phi) is 5.20. The van der Waals surface area contributed by atoms with Crippen LogP contribution < -0.4 is 10.2 Å². The molecule has 1 aliphatic rings. The van der Waals surface area contributed by atoms with E-state index in [1.165, 1.54) is 6.42 Å². The summed E-state index contributed by atoms with van der Waals surface area (Å²) in [7, 11) is 0. The minimum atomic E-state index is 0.208. The zero-order chi connectivity index (χ0) is 18.6. The summed E-state index contributed by atoms with van der Waals surface area (Å²) in [4.78, 5) is 16.0. The van der Waals surface area contributed by atoms with Gasteiger partial charge in [0.1, 0.15) is 5.82 Å². The van der Waals surface area contributed by atoms with E-state index in [9.17, 15) is 5.11 Å². The van der Waals surface area contributed by atoms with Crippen LogP contribution in [0.3, 0.4) is 0 Å². The molecule has 0 radical (unpaired) electrons. The normalized spacial score (nSPS) is 17.4. The van der Waals surface area contributed by atoms with Gasteiger partial charge in [0, 0.05) is 50.0 Å². The lowest BCUT2D eigenvalue weighted by atomic mass is 10.00. The molecular formula is C20H26N6O. The van der Waals surface area contributed by atoms with E-state index in [2.05, 4.69) is 37.7 Å². The first kappa shape index (κ1) is 17.7. The van der Waals surface area contributed by atoms with Gasteiger partial charge in [-0.15, -0.1) is 0 Å². The molecule has 1 aliphatic heterocycles. The molecule has 0 aliphatic carbocycles. The monoisotopic (exact) mass is 366 g/mol. The molecule has 27 heavy (non-hydrogen) atoms. The SMILES string of the molecule is Cc1cnc2c(NCc3cccnc3)nc(N3CCCCC3CCO)cn12. The molecule has 0 saturated carbocycles. The van der Waals surface area contributed by atoms with E-state index in [0.717, 1.165) is 54.3 Å². The summed E-state index contributed by atoms with van der Waals surface area (Å²) in [6.07, 6.45) is 11.8. The summed E-state index contributed by atoms with van der Waals surface area (Å²) >= 11 is 0. The molecule has 0 aromatic carbocycles. The van der Waals surface area contributed by atoms with Gasteiger partial charge in [0.05, 0.1) is 6.20 Å². The molecule has 0 bridgehead atoms. The number of anilines is 2. The summed E-state index contributed by atoms with van der Waals surface area (Å²) in [5.74, 6) is 1.72. The van der Waals surface area contributed by atoms with Gasteiger partial charge >= 0.3 is 0 Å². The third-order valence-corrected chi connectivity index (χ3v) is 5.23. The third kappa shape index (κ3) is 3.73. The molecule has 0 amide bonds. The maximum atomic E-state index is 9.45. The highest BCUT2D eigenvalue weighted by Crippen LogP contribution is 2.28. The van der Waals surface area contributed by atoms with Crippen molar-refractivity contribution in [2.75, 3.05) is 23.4 Å². The molecule has 4 rings (SSSR count). The molecule has 7 heteroatoms. The number of piperidine rings is 1. The first-order valence-corrected chi connectivity index (χ1v) is 9.61. The summed E-state index contributed by atoms with van der Waals surface area (Å²) in [6, 6.07) is 4.31. The van der Waals surface area contributed by atoms with Crippen LogP contribution in [0.5, 0.6) is 0 Å². The second kappa shape index (κ2) is 7.92. The van der Waals surface area contributed by atoms with Gasteiger partial charge in [-0.1, -0.05) is 6.07 Å². The molecule has 1 atom stereocenters. The number of hydrogen-bond acceptors (Lipinski definition) is 6. The van der Waals surface area contributed by atoms with Crippen LogP contribution in [0.2, 0.25) is 0 Å². The molecule has 0 spiro atoms. The van der Waals surface area contributed by atoms with Crippen LogP contribution in [0.4, 0.5) is 11.6 Å². The number of imidazole rings is 1. The predicted octanol–water partition coefficient (Wildman–Crippen LogP) is 2.79. The molecular weight excluding hydrogens is 340 g/mol. The van der Waals surface area contributed by atoms with Crippen molar-refractivity contribution >= 4 is 17.3 Å². The van der Waals surface area contributed by atoms with Crippen molar-refractivity contribution in [3.63, 3.8) is 0 Å². The number of fused-ring (bicyclic) bond motifs is 1. The fourth-order valence-corrected chi connectivity index (χ4v) is 3.79. The smallest absolute Gasteiger partial charge is 0.180 e. The van der Waals surface area contributed by atoms with E-state index in [-0.39, 0.29) is 6.61 Å². The van der Waals surface area contributed by atoms with E-state index in [1.807, 2.05) is 24.5 Å². The van der Waals surface area contributed by atoms with Crippen molar-refractivity contribution in [2.45, 2.75) is 45.2 Å². The Labute approximate surface area is 159 Å². The summed E-state index contributed by atoms with van der Waals surface area (Å²) < 4.78 is 2.10. The summed E-state index contributed by atoms with van der Waals surface area (Å²) in [5.41, 5.74) is 3.01. The van der Waals surface area contributed by atoms with Gasteiger partial charge in [0.2, 0.25) is 0 Å². The minimum Gasteiger partial charge on any atom is -0.396 e. The van der Waals surface area contributed by atoms with Crippen molar-refractivity contribution in [2.24, 2.45) is 0 Å². The number of rotatable bonds is 6. The van der Waals surface area contributed by atoms with Crippen LogP contribution >= 0.6 is 0 Å². The standard InChI is InChI=1S/C20H26N6O/c1-15-11-23-20-19(22-13-16-5-4-8-21-12-16)24-18(14-26(15)20)25-9-3-2-6-17(25)7-10-27/h4-5,8,11-12,14,17,27H,2-3,6-7,9-10,13H2,1H3,(H,22,24). The van der Waals surface area contributed by atoms with Crippen molar-refractivity contribution in [3.05, 3.63) is 48.2 Å². The van der Waals surface area contributed by atoms with Gasteiger partial charge in [-0.25, -0.2) is 9.97 Å². The molecule has 1 fully saturated rings. The van der Waals surface area contributed by atoms with Crippen LogP contribution in [0.15, 0.2) is 36.9 Å². The van der Waals surface area contributed by atoms with Crippen LogP contribution in [0.25, 0.3) is 5.65 Å². The molecule has 1 saturated heterocycles. The van der Waals surface area contributed by atoms with E-state index in [1.54, 1.807) is 6.20 Å². The fourth-order valence-electron chi connectivity index (χ4n) is 3.79. The Morgan fingerprint density at radius 3 is 3.04 bits per heavy atom. The van der Waals surface area contributed by atoms with E-state index < -0.39 is 0 Å². The topological polar surface area (TPSA) is 78.6 Å². The molecule has 142 valence electrons. The summed E-state index contributed by atoms with van der Waals surface area (Å²) in [5, 5.41) is 12.9. The number of aliphatic hydroxyl groups excluding tert-OH is 1. The zero-order valence-electron chi connectivity index (χ0n) is 15.7. The lowest BCUT2D eigenvalue weighted by Crippen LogP contribution is -2.40. The van der Waals surface area contributed by atoms with Crippen molar-refractivity contribution in [1.82, 2.24) is 19.4 Å². The lowest BCUT2D eigenvalue weighted by Gasteiger charge is -2.36. The van der Waals surface area contributed by atoms with Crippen molar-refractivity contribution < 1.29 is 5.11 Å². The maximum absolute atomic E-state index is 9.45. The largest absolute Gasteiger partial charge is 0.396 e. The number of aromatic nitrogens is 4.